The lowest BCUT2D eigenvalue weighted by atomic mass is 9.90. The molecular weight excluding hydrogens is 264 g/mol. The normalized spacial score (nSPS) is 22.3. The average molecular weight is 290 g/mol. The van der Waals surface area contributed by atoms with E-state index in [2.05, 4.69) is 17.2 Å². The van der Waals surface area contributed by atoms with Crippen molar-refractivity contribution in [2.45, 2.75) is 52.4 Å². The number of carbonyl (C=O) groups is 1. The first-order valence-corrected chi connectivity index (χ1v) is 7.75. The van der Waals surface area contributed by atoms with Crippen molar-refractivity contribution in [1.82, 2.24) is 4.98 Å². The Balaban J connectivity index is 2.14. The summed E-state index contributed by atoms with van der Waals surface area (Å²) in [6.45, 7) is 9.31. The Morgan fingerprint density at radius 3 is 2.62 bits per heavy atom. The van der Waals surface area contributed by atoms with Crippen molar-refractivity contribution in [3.8, 4) is 0 Å². The zero-order chi connectivity index (χ0) is 15.6. The first kappa shape index (κ1) is 15.8. The third-order valence-corrected chi connectivity index (χ3v) is 4.22. The molecule has 0 aliphatic heterocycles. The predicted octanol–water partition coefficient (Wildman–Crippen LogP) is 3.93. The lowest BCUT2D eigenvalue weighted by molar-refractivity contribution is 0.0696. The first-order valence-electron chi connectivity index (χ1n) is 7.75. The van der Waals surface area contributed by atoms with Crippen LogP contribution in [0.2, 0.25) is 0 Å². The number of nitrogens with zero attached hydrogens (tertiary/aromatic N) is 1. The van der Waals surface area contributed by atoms with Crippen molar-refractivity contribution in [3.63, 3.8) is 0 Å². The summed E-state index contributed by atoms with van der Waals surface area (Å²) in [5.41, 5.74) is 0.950. The summed E-state index contributed by atoms with van der Waals surface area (Å²) < 4.78 is 0. The van der Waals surface area contributed by atoms with E-state index in [-0.39, 0.29) is 5.41 Å². The standard InChI is InChI=1S/C17H26N2O2/c1-11-5-6-12(7-11)10-18-15-9-13(16(20)21)8-14(19-15)17(2,3)4/h8-9,11-12H,5-7,10H2,1-4H3,(H,18,19)(H,20,21). The molecule has 1 saturated carbocycles. The van der Waals surface area contributed by atoms with E-state index < -0.39 is 5.97 Å². The summed E-state index contributed by atoms with van der Waals surface area (Å²) >= 11 is 0. The van der Waals surface area contributed by atoms with Crippen LogP contribution in [-0.2, 0) is 5.41 Å². The van der Waals surface area contributed by atoms with E-state index in [0.29, 0.717) is 17.3 Å². The fourth-order valence-corrected chi connectivity index (χ4v) is 2.89. The van der Waals surface area contributed by atoms with Gasteiger partial charge in [0.05, 0.1) is 5.56 Å². The molecule has 1 fully saturated rings. The van der Waals surface area contributed by atoms with Gasteiger partial charge in [0.2, 0.25) is 0 Å². The molecule has 1 aromatic heterocycles. The zero-order valence-electron chi connectivity index (χ0n) is 13.4. The minimum Gasteiger partial charge on any atom is -0.478 e. The third kappa shape index (κ3) is 4.19. The number of anilines is 1. The maximum atomic E-state index is 11.3. The minimum absolute atomic E-state index is 0.163. The second kappa shape index (κ2) is 6.04. The van der Waals surface area contributed by atoms with Crippen LogP contribution in [0.15, 0.2) is 12.1 Å². The molecule has 4 heteroatoms. The second-order valence-electron chi connectivity index (χ2n) is 7.35. The summed E-state index contributed by atoms with van der Waals surface area (Å²) in [6.07, 6.45) is 3.79. The monoisotopic (exact) mass is 290 g/mol. The molecule has 1 heterocycles. The van der Waals surface area contributed by atoms with Gasteiger partial charge in [0.1, 0.15) is 5.82 Å². The molecule has 21 heavy (non-hydrogen) atoms. The van der Waals surface area contributed by atoms with Crippen LogP contribution in [-0.4, -0.2) is 22.6 Å². The minimum atomic E-state index is -0.902. The van der Waals surface area contributed by atoms with E-state index in [1.165, 1.54) is 19.3 Å². The highest BCUT2D eigenvalue weighted by atomic mass is 16.4. The Labute approximate surface area is 127 Å². The van der Waals surface area contributed by atoms with Gasteiger partial charge in [-0.1, -0.05) is 34.1 Å². The molecule has 0 spiro atoms. The Kier molecular flexibility index (Phi) is 4.55. The lowest BCUT2D eigenvalue weighted by Crippen LogP contribution is -2.18. The zero-order valence-corrected chi connectivity index (χ0v) is 13.4. The second-order valence-corrected chi connectivity index (χ2v) is 7.35. The molecule has 1 aliphatic rings. The van der Waals surface area contributed by atoms with Gasteiger partial charge in [-0.25, -0.2) is 9.78 Å². The third-order valence-electron chi connectivity index (χ3n) is 4.22. The van der Waals surface area contributed by atoms with Gasteiger partial charge in [-0.3, -0.25) is 0 Å². The van der Waals surface area contributed by atoms with E-state index in [4.69, 9.17) is 0 Å². The van der Waals surface area contributed by atoms with E-state index in [1.807, 2.05) is 20.8 Å². The number of rotatable bonds is 4. The maximum absolute atomic E-state index is 11.3. The van der Waals surface area contributed by atoms with Crippen LogP contribution >= 0.6 is 0 Å². The SMILES string of the molecule is CC1CCC(CNc2cc(C(=O)O)cc(C(C)(C)C)n2)C1. The Bertz CT molecular complexity index is 520. The van der Waals surface area contributed by atoms with Crippen molar-refractivity contribution in [2.75, 3.05) is 11.9 Å². The first-order chi connectivity index (χ1) is 9.75. The topological polar surface area (TPSA) is 62.2 Å². The highest BCUT2D eigenvalue weighted by Gasteiger charge is 2.22. The smallest absolute Gasteiger partial charge is 0.335 e. The van der Waals surface area contributed by atoms with Gasteiger partial charge in [-0.05, 0) is 36.8 Å². The predicted molar refractivity (Wildman–Crippen MR) is 84.9 cm³/mol. The fourth-order valence-electron chi connectivity index (χ4n) is 2.89. The number of carboxylic acid groups (broad SMARTS) is 1. The molecule has 0 aromatic carbocycles. The van der Waals surface area contributed by atoms with Gasteiger partial charge in [0, 0.05) is 17.7 Å². The summed E-state index contributed by atoms with van der Waals surface area (Å²) in [6, 6.07) is 3.31. The number of aromatic nitrogens is 1. The molecule has 2 rings (SSSR count). The van der Waals surface area contributed by atoms with Crippen molar-refractivity contribution in [3.05, 3.63) is 23.4 Å². The van der Waals surface area contributed by atoms with E-state index >= 15 is 0 Å². The molecule has 2 atom stereocenters. The van der Waals surface area contributed by atoms with Gasteiger partial charge in [0.15, 0.2) is 0 Å². The lowest BCUT2D eigenvalue weighted by Gasteiger charge is -2.20. The number of carboxylic acids is 1. The highest BCUT2D eigenvalue weighted by molar-refractivity contribution is 5.88. The van der Waals surface area contributed by atoms with Crippen molar-refractivity contribution in [2.24, 2.45) is 11.8 Å². The Hall–Kier alpha value is -1.58. The average Bonchev–Trinajstić information content (AvgIpc) is 2.81. The molecule has 1 aliphatic carbocycles. The van der Waals surface area contributed by atoms with Crippen molar-refractivity contribution >= 4 is 11.8 Å². The van der Waals surface area contributed by atoms with Crippen LogP contribution in [0.1, 0.15) is 63.0 Å². The van der Waals surface area contributed by atoms with Gasteiger partial charge in [-0.2, -0.15) is 0 Å². The van der Waals surface area contributed by atoms with E-state index in [0.717, 1.165) is 18.2 Å². The molecule has 1 aromatic rings. The number of aromatic carboxylic acids is 1. The van der Waals surface area contributed by atoms with Gasteiger partial charge in [0.25, 0.3) is 0 Å². The molecule has 4 nitrogen and oxygen atoms in total. The van der Waals surface area contributed by atoms with Crippen LogP contribution < -0.4 is 5.32 Å². The number of hydrogen-bond acceptors (Lipinski definition) is 3. The summed E-state index contributed by atoms with van der Waals surface area (Å²) in [5.74, 6) is 1.26. The molecule has 2 unspecified atom stereocenters. The molecule has 2 N–H and O–H groups in total. The molecule has 0 saturated heterocycles. The van der Waals surface area contributed by atoms with Crippen LogP contribution in [0, 0.1) is 11.8 Å². The van der Waals surface area contributed by atoms with E-state index in [9.17, 15) is 9.90 Å². The molecule has 0 bridgehead atoms. The van der Waals surface area contributed by atoms with Gasteiger partial charge in [-0.15, -0.1) is 0 Å². The molecular formula is C17H26N2O2. The number of hydrogen-bond donors (Lipinski definition) is 2. The maximum Gasteiger partial charge on any atom is 0.335 e. The number of nitrogens with one attached hydrogen (secondary N) is 1. The van der Waals surface area contributed by atoms with Crippen molar-refractivity contribution < 1.29 is 9.90 Å². The van der Waals surface area contributed by atoms with Crippen LogP contribution in [0.4, 0.5) is 5.82 Å². The van der Waals surface area contributed by atoms with Crippen LogP contribution in [0.5, 0.6) is 0 Å². The highest BCUT2D eigenvalue weighted by Crippen LogP contribution is 2.30. The van der Waals surface area contributed by atoms with Gasteiger partial charge < -0.3 is 10.4 Å². The van der Waals surface area contributed by atoms with Crippen LogP contribution in [0.25, 0.3) is 0 Å². The van der Waals surface area contributed by atoms with Crippen LogP contribution in [0.3, 0.4) is 0 Å². The van der Waals surface area contributed by atoms with Crippen molar-refractivity contribution in [1.29, 1.82) is 0 Å². The quantitative estimate of drug-likeness (QED) is 0.882. The van der Waals surface area contributed by atoms with Gasteiger partial charge >= 0.3 is 5.97 Å². The van der Waals surface area contributed by atoms with E-state index in [1.54, 1.807) is 12.1 Å². The molecule has 0 radical (unpaired) electrons. The summed E-state index contributed by atoms with van der Waals surface area (Å²) in [7, 11) is 0. The summed E-state index contributed by atoms with van der Waals surface area (Å²) in [5, 5.41) is 12.6. The fraction of sp³-hybridized carbons (Fsp3) is 0.647. The largest absolute Gasteiger partial charge is 0.478 e. The Morgan fingerprint density at radius 1 is 1.38 bits per heavy atom. The summed E-state index contributed by atoms with van der Waals surface area (Å²) in [4.78, 5) is 15.9. The number of pyridine rings is 1. The Morgan fingerprint density at radius 2 is 2.10 bits per heavy atom. The molecule has 116 valence electrons. The molecule has 0 amide bonds.